The lowest BCUT2D eigenvalue weighted by molar-refractivity contribution is 0.619. The summed E-state index contributed by atoms with van der Waals surface area (Å²) < 4.78 is 18.1. The Hall–Kier alpha value is -2.84. The molecule has 0 bridgehead atoms. The molecule has 4 rings (SSSR count). The first-order valence-corrected chi connectivity index (χ1v) is 13.5. The lowest BCUT2D eigenvalue weighted by Crippen LogP contribution is -2.34. The molecule has 2 aromatic carbocycles. The maximum atomic E-state index is 14.0. The second kappa shape index (κ2) is 11.7. The molecule has 0 radical (unpaired) electrons. The zero-order chi connectivity index (χ0) is 24.8. The number of anilines is 1. The van der Waals surface area contributed by atoms with Crippen LogP contribution in [0.2, 0.25) is 0 Å². The third-order valence-corrected chi connectivity index (χ3v) is 7.39. The van der Waals surface area contributed by atoms with Crippen molar-refractivity contribution >= 4 is 39.9 Å². The predicted octanol–water partition coefficient (Wildman–Crippen LogP) is 7.29. The Morgan fingerprint density at radius 3 is 2.09 bits per heavy atom. The summed E-state index contributed by atoms with van der Waals surface area (Å²) in [5.41, 5.74) is 1.87. The number of hydrogen-bond donors (Lipinski definition) is 0. The maximum absolute atomic E-state index is 14.0. The number of para-hydroxylation sites is 1. The van der Waals surface area contributed by atoms with Gasteiger partial charge in [-0.3, -0.25) is 9.36 Å². The highest BCUT2D eigenvalue weighted by molar-refractivity contribution is 7.73. The first-order chi connectivity index (χ1) is 17.0. The molecule has 0 aliphatic carbocycles. The molecule has 0 fully saturated rings. The van der Waals surface area contributed by atoms with Crippen LogP contribution < -0.4 is 10.5 Å². The predicted molar refractivity (Wildman–Crippen MR) is 147 cm³/mol. The number of thiazole rings is 1. The summed E-state index contributed by atoms with van der Waals surface area (Å²) >= 11 is 6.90. The van der Waals surface area contributed by atoms with Crippen LogP contribution in [0.5, 0.6) is 0 Å². The minimum Gasteiger partial charge on any atom is -0.342 e. The molecular formula is C27H31FN4OS2. The standard InChI is InChI=1S/C27H31FN4OS2/c1-3-5-10-18-30(19-11-6-4-2)26-29-24-23(25(33)32(26)21-12-8-7-9-13-21)35-27(34)31(24)22-16-14-20(28)15-17-22/h7-9,12-17H,3-6,10-11,18-19H2,1-2H3. The van der Waals surface area contributed by atoms with Crippen molar-refractivity contribution in [2.45, 2.75) is 52.4 Å². The molecule has 0 amide bonds. The molecule has 0 spiro atoms. The molecule has 0 N–H and O–H groups in total. The van der Waals surface area contributed by atoms with Crippen LogP contribution in [0.1, 0.15) is 52.4 Å². The Kier molecular flexibility index (Phi) is 8.46. The molecule has 2 aromatic heterocycles. The molecule has 4 aromatic rings. The van der Waals surface area contributed by atoms with Gasteiger partial charge in [-0.05, 0) is 61.5 Å². The summed E-state index contributed by atoms with van der Waals surface area (Å²) in [7, 11) is 0. The molecule has 0 unspecified atom stereocenters. The smallest absolute Gasteiger partial charge is 0.279 e. The fourth-order valence-electron chi connectivity index (χ4n) is 4.20. The van der Waals surface area contributed by atoms with Crippen LogP contribution in [0.4, 0.5) is 10.3 Å². The number of fused-ring (bicyclic) bond motifs is 1. The van der Waals surface area contributed by atoms with Crippen molar-refractivity contribution in [3.05, 3.63) is 74.7 Å². The van der Waals surface area contributed by atoms with Crippen molar-refractivity contribution in [1.29, 1.82) is 0 Å². The first kappa shape index (κ1) is 25.3. The zero-order valence-electron chi connectivity index (χ0n) is 20.2. The first-order valence-electron chi connectivity index (χ1n) is 12.3. The van der Waals surface area contributed by atoms with Crippen LogP contribution in [-0.2, 0) is 0 Å². The van der Waals surface area contributed by atoms with Crippen LogP contribution in [0.25, 0.3) is 21.7 Å². The summed E-state index contributed by atoms with van der Waals surface area (Å²) in [4.78, 5) is 21.3. The van der Waals surface area contributed by atoms with E-state index in [1.807, 2.05) is 30.3 Å². The summed E-state index contributed by atoms with van der Waals surface area (Å²) in [6.45, 7) is 6.02. The molecule has 0 atom stereocenters. The van der Waals surface area contributed by atoms with Crippen molar-refractivity contribution in [2.75, 3.05) is 18.0 Å². The lowest BCUT2D eigenvalue weighted by Gasteiger charge is -2.26. The van der Waals surface area contributed by atoms with E-state index in [1.165, 1.54) is 23.5 Å². The second-order valence-corrected chi connectivity index (χ2v) is 10.3. The molecular weight excluding hydrogens is 479 g/mol. The van der Waals surface area contributed by atoms with Gasteiger partial charge in [-0.25, -0.2) is 8.96 Å². The van der Waals surface area contributed by atoms with Gasteiger partial charge in [0.2, 0.25) is 5.95 Å². The average molecular weight is 511 g/mol. The minimum absolute atomic E-state index is 0.135. The van der Waals surface area contributed by atoms with Crippen LogP contribution >= 0.6 is 23.6 Å². The van der Waals surface area contributed by atoms with E-state index in [4.69, 9.17) is 17.2 Å². The van der Waals surface area contributed by atoms with Gasteiger partial charge < -0.3 is 4.90 Å². The van der Waals surface area contributed by atoms with E-state index in [2.05, 4.69) is 18.7 Å². The van der Waals surface area contributed by atoms with Gasteiger partial charge in [-0.1, -0.05) is 69.1 Å². The zero-order valence-corrected chi connectivity index (χ0v) is 21.9. The Morgan fingerprint density at radius 1 is 0.886 bits per heavy atom. The van der Waals surface area contributed by atoms with Crippen molar-refractivity contribution in [3.63, 3.8) is 0 Å². The largest absolute Gasteiger partial charge is 0.342 e. The van der Waals surface area contributed by atoms with Crippen LogP contribution in [0, 0.1) is 9.77 Å². The number of halogens is 1. The Labute approximate surface area is 214 Å². The van der Waals surface area contributed by atoms with Gasteiger partial charge in [-0.2, -0.15) is 4.98 Å². The molecule has 35 heavy (non-hydrogen) atoms. The fraction of sp³-hybridized carbons (Fsp3) is 0.370. The second-order valence-electron chi connectivity index (χ2n) is 8.62. The third kappa shape index (κ3) is 5.54. The number of aromatic nitrogens is 3. The molecule has 0 aliphatic heterocycles. The Bertz CT molecular complexity index is 1370. The Balaban J connectivity index is 1.96. The quantitative estimate of drug-likeness (QED) is 0.157. The van der Waals surface area contributed by atoms with Crippen molar-refractivity contribution in [3.8, 4) is 11.4 Å². The van der Waals surface area contributed by atoms with E-state index in [0.717, 1.165) is 57.3 Å². The molecule has 0 saturated carbocycles. The van der Waals surface area contributed by atoms with E-state index >= 15 is 0 Å². The number of rotatable bonds is 11. The summed E-state index contributed by atoms with van der Waals surface area (Å²) in [5.74, 6) is 0.308. The van der Waals surface area contributed by atoms with Gasteiger partial charge in [-0.15, -0.1) is 0 Å². The number of benzene rings is 2. The summed E-state index contributed by atoms with van der Waals surface area (Å²) in [6, 6.07) is 15.8. The van der Waals surface area contributed by atoms with Crippen LogP contribution in [0.3, 0.4) is 0 Å². The topological polar surface area (TPSA) is 43.1 Å². The molecule has 0 aliphatic rings. The number of unbranched alkanes of at least 4 members (excludes halogenated alkanes) is 4. The molecule has 8 heteroatoms. The third-order valence-electron chi connectivity index (χ3n) is 6.04. The Morgan fingerprint density at radius 2 is 1.49 bits per heavy atom. The van der Waals surface area contributed by atoms with Gasteiger partial charge in [0, 0.05) is 18.8 Å². The maximum Gasteiger partial charge on any atom is 0.279 e. The highest BCUT2D eigenvalue weighted by Crippen LogP contribution is 2.27. The van der Waals surface area contributed by atoms with Crippen molar-refractivity contribution < 1.29 is 4.39 Å². The molecule has 0 saturated heterocycles. The van der Waals surface area contributed by atoms with E-state index < -0.39 is 0 Å². The SMILES string of the molecule is CCCCCN(CCCCC)c1nc2c(sc(=S)n2-c2ccc(F)cc2)c(=O)n1-c1ccccc1. The summed E-state index contributed by atoms with van der Waals surface area (Å²) in [6.07, 6.45) is 6.53. The van der Waals surface area contributed by atoms with E-state index in [0.29, 0.717) is 25.9 Å². The molecule has 2 heterocycles. The number of hydrogen-bond acceptors (Lipinski definition) is 5. The highest BCUT2D eigenvalue weighted by Gasteiger charge is 2.22. The summed E-state index contributed by atoms with van der Waals surface area (Å²) in [5, 5.41) is 0. The minimum atomic E-state index is -0.321. The van der Waals surface area contributed by atoms with Gasteiger partial charge in [0.05, 0.1) is 5.69 Å². The van der Waals surface area contributed by atoms with E-state index in [1.54, 1.807) is 21.3 Å². The van der Waals surface area contributed by atoms with E-state index in [-0.39, 0.29) is 11.4 Å². The molecule has 184 valence electrons. The van der Waals surface area contributed by atoms with Gasteiger partial charge >= 0.3 is 0 Å². The lowest BCUT2D eigenvalue weighted by atomic mass is 10.2. The van der Waals surface area contributed by atoms with Crippen molar-refractivity contribution in [2.24, 2.45) is 0 Å². The normalized spacial score (nSPS) is 11.3. The van der Waals surface area contributed by atoms with Gasteiger partial charge in [0.15, 0.2) is 9.60 Å². The van der Waals surface area contributed by atoms with Crippen LogP contribution in [0.15, 0.2) is 59.4 Å². The van der Waals surface area contributed by atoms with Gasteiger partial charge in [0.1, 0.15) is 10.5 Å². The highest BCUT2D eigenvalue weighted by atomic mass is 32.1. The fourth-order valence-corrected chi connectivity index (χ4v) is 5.51. The number of nitrogens with zero attached hydrogens (tertiary/aromatic N) is 4. The van der Waals surface area contributed by atoms with Crippen LogP contribution in [-0.4, -0.2) is 27.2 Å². The van der Waals surface area contributed by atoms with Crippen molar-refractivity contribution in [1.82, 2.24) is 14.1 Å². The van der Waals surface area contributed by atoms with E-state index in [9.17, 15) is 9.18 Å². The monoisotopic (exact) mass is 510 g/mol. The molecule has 5 nitrogen and oxygen atoms in total. The average Bonchev–Trinajstić information content (AvgIpc) is 3.20. The van der Waals surface area contributed by atoms with Gasteiger partial charge in [0.25, 0.3) is 5.56 Å².